The number of ether oxygens (including phenoxy) is 1. The summed E-state index contributed by atoms with van der Waals surface area (Å²) < 4.78 is 4.98. The molecule has 2 rings (SSSR count). The number of nitrogens with zero attached hydrogens (tertiary/aromatic N) is 2. The SMILES string of the molecule is CCOC(=O)[C@@H](C)Sc1nc(-c2cccs2)ccc1C#N. The molecule has 2 heterocycles. The van der Waals surface area contributed by atoms with Gasteiger partial charge in [-0.15, -0.1) is 11.3 Å². The fraction of sp³-hybridized carbons (Fsp3) is 0.267. The van der Waals surface area contributed by atoms with E-state index in [0.717, 1.165) is 10.6 Å². The van der Waals surface area contributed by atoms with Gasteiger partial charge in [0.05, 0.1) is 22.7 Å². The Hall–Kier alpha value is -1.84. The van der Waals surface area contributed by atoms with E-state index < -0.39 is 5.25 Å². The van der Waals surface area contributed by atoms with Crippen LogP contribution in [0.15, 0.2) is 34.7 Å². The molecule has 1 atom stereocenters. The Bertz CT molecular complexity index is 663. The molecule has 2 aromatic heterocycles. The molecule has 0 aliphatic carbocycles. The van der Waals surface area contributed by atoms with Gasteiger partial charge in [0.1, 0.15) is 16.3 Å². The largest absolute Gasteiger partial charge is 0.465 e. The maximum absolute atomic E-state index is 11.7. The lowest BCUT2D eigenvalue weighted by atomic mass is 10.2. The van der Waals surface area contributed by atoms with Gasteiger partial charge in [-0.1, -0.05) is 17.8 Å². The molecule has 4 nitrogen and oxygen atoms in total. The molecule has 21 heavy (non-hydrogen) atoms. The zero-order valence-electron chi connectivity index (χ0n) is 11.7. The summed E-state index contributed by atoms with van der Waals surface area (Å²) in [4.78, 5) is 17.3. The average Bonchev–Trinajstić information content (AvgIpc) is 3.01. The summed E-state index contributed by atoms with van der Waals surface area (Å²) in [5.74, 6) is -0.297. The van der Waals surface area contributed by atoms with Gasteiger partial charge in [0.2, 0.25) is 0 Å². The first-order valence-corrected chi connectivity index (χ1v) is 8.20. The number of hydrogen-bond donors (Lipinski definition) is 0. The van der Waals surface area contributed by atoms with E-state index in [9.17, 15) is 10.1 Å². The van der Waals surface area contributed by atoms with Gasteiger partial charge in [-0.2, -0.15) is 5.26 Å². The second-order valence-corrected chi connectivity index (χ2v) is 6.43. The number of esters is 1. The Balaban J connectivity index is 2.27. The van der Waals surface area contributed by atoms with Crippen LogP contribution in [0.4, 0.5) is 0 Å². The van der Waals surface area contributed by atoms with E-state index in [0.29, 0.717) is 17.2 Å². The minimum Gasteiger partial charge on any atom is -0.465 e. The molecule has 0 bridgehead atoms. The van der Waals surface area contributed by atoms with Crippen LogP contribution in [0.5, 0.6) is 0 Å². The van der Waals surface area contributed by atoms with Crippen LogP contribution < -0.4 is 0 Å². The van der Waals surface area contributed by atoms with Gasteiger partial charge in [0, 0.05) is 0 Å². The van der Waals surface area contributed by atoms with Crippen molar-refractivity contribution >= 4 is 29.1 Å². The Morgan fingerprint density at radius 3 is 2.95 bits per heavy atom. The van der Waals surface area contributed by atoms with E-state index in [1.807, 2.05) is 23.6 Å². The minimum absolute atomic E-state index is 0.297. The molecule has 0 fully saturated rings. The van der Waals surface area contributed by atoms with Crippen molar-refractivity contribution in [2.45, 2.75) is 24.1 Å². The molecule has 0 saturated carbocycles. The highest BCUT2D eigenvalue weighted by atomic mass is 32.2. The molecule has 0 saturated heterocycles. The number of rotatable bonds is 5. The van der Waals surface area contributed by atoms with Crippen molar-refractivity contribution in [3.8, 4) is 16.6 Å². The van der Waals surface area contributed by atoms with Crippen molar-refractivity contribution in [2.75, 3.05) is 6.61 Å². The van der Waals surface area contributed by atoms with Crippen molar-refractivity contribution in [1.29, 1.82) is 5.26 Å². The van der Waals surface area contributed by atoms with Crippen LogP contribution in [-0.4, -0.2) is 22.8 Å². The van der Waals surface area contributed by atoms with Crippen molar-refractivity contribution < 1.29 is 9.53 Å². The monoisotopic (exact) mass is 318 g/mol. The van der Waals surface area contributed by atoms with Gasteiger partial charge in [-0.05, 0) is 37.4 Å². The summed E-state index contributed by atoms with van der Waals surface area (Å²) in [5.41, 5.74) is 1.28. The number of thioether (sulfide) groups is 1. The third kappa shape index (κ3) is 3.84. The third-order valence-electron chi connectivity index (χ3n) is 2.66. The van der Waals surface area contributed by atoms with Crippen LogP contribution in [-0.2, 0) is 9.53 Å². The van der Waals surface area contributed by atoms with Crippen molar-refractivity contribution in [3.05, 3.63) is 35.2 Å². The Kier molecular flexibility index (Phi) is 5.37. The number of hydrogen-bond acceptors (Lipinski definition) is 6. The predicted octanol–water partition coefficient (Wildman–Crippen LogP) is 3.73. The molecule has 0 radical (unpaired) electrons. The smallest absolute Gasteiger partial charge is 0.319 e. The highest BCUT2D eigenvalue weighted by Gasteiger charge is 2.19. The van der Waals surface area contributed by atoms with Crippen molar-refractivity contribution in [2.24, 2.45) is 0 Å². The predicted molar refractivity (Wildman–Crippen MR) is 84.2 cm³/mol. The van der Waals surface area contributed by atoms with Crippen molar-refractivity contribution in [1.82, 2.24) is 4.98 Å². The Morgan fingerprint density at radius 1 is 1.52 bits per heavy atom. The molecular weight excluding hydrogens is 304 g/mol. The standard InChI is InChI=1S/C15H14N2O2S2/c1-3-19-15(18)10(2)21-14-11(9-16)6-7-12(17-14)13-5-4-8-20-13/h4-8,10H,3H2,1-2H3/t10-/m1/s1. The molecule has 0 aliphatic rings. The Morgan fingerprint density at radius 2 is 2.33 bits per heavy atom. The van der Waals surface area contributed by atoms with Gasteiger partial charge < -0.3 is 4.74 Å². The lowest BCUT2D eigenvalue weighted by Gasteiger charge is -2.11. The van der Waals surface area contributed by atoms with Crippen LogP contribution in [0.2, 0.25) is 0 Å². The average molecular weight is 318 g/mol. The quantitative estimate of drug-likeness (QED) is 0.621. The third-order valence-corrected chi connectivity index (χ3v) is 4.63. The fourth-order valence-electron chi connectivity index (χ4n) is 1.65. The van der Waals surface area contributed by atoms with E-state index in [1.54, 1.807) is 31.3 Å². The van der Waals surface area contributed by atoms with E-state index in [4.69, 9.17) is 4.74 Å². The zero-order chi connectivity index (χ0) is 15.2. The summed E-state index contributed by atoms with van der Waals surface area (Å²) in [6.45, 7) is 3.87. The first-order chi connectivity index (χ1) is 10.2. The van der Waals surface area contributed by atoms with Crippen LogP contribution in [0.25, 0.3) is 10.6 Å². The van der Waals surface area contributed by atoms with Gasteiger partial charge >= 0.3 is 5.97 Å². The Labute approximate surface area is 131 Å². The second-order valence-electron chi connectivity index (χ2n) is 4.15. The van der Waals surface area contributed by atoms with E-state index in [-0.39, 0.29) is 5.97 Å². The summed E-state index contributed by atoms with van der Waals surface area (Å²) in [6, 6.07) is 9.60. The van der Waals surface area contributed by atoms with E-state index in [1.165, 1.54) is 11.8 Å². The lowest BCUT2D eigenvalue weighted by molar-refractivity contribution is -0.142. The van der Waals surface area contributed by atoms with E-state index in [2.05, 4.69) is 11.1 Å². The number of aromatic nitrogens is 1. The molecule has 0 amide bonds. The fourth-order valence-corrected chi connectivity index (χ4v) is 3.24. The maximum atomic E-state index is 11.7. The van der Waals surface area contributed by atoms with Gasteiger partial charge in [-0.25, -0.2) is 4.98 Å². The molecule has 0 N–H and O–H groups in total. The molecule has 0 aliphatic heterocycles. The highest BCUT2D eigenvalue weighted by molar-refractivity contribution is 8.00. The van der Waals surface area contributed by atoms with Crippen molar-refractivity contribution in [3.63, 3.8) is 0 Å². The highest BCUT2D eigenvalue weighted by Crippen LogP contribution is 2.30. The number of thiophene rings is 1. The van der Waals surface area contributed by atoms with Crippen LogP contribution in [0.1, 0.15) is 19.4 Å². The molecule has 0 aromatic carbocycles. The van der Waals surface area contributed by atoms with Gasteiger partial charge in [-0.3, -0.25) is 4.79 Å². The molecule has 108 valence electrons. The summed E-state index contributed by atoms with van der Waals surface area (Å²) in [6.07, 6.45) is 0. The summed E-state index contributed by atoms with van der Waals surface area (Å²) >= 11 is 2.84. The maximum Gasteiger partial charge on any atom is 0.319 e. The normalized spacial score (nSPS) is 11.7. The first-order valence-electron chi connectivity index (χ1n) is 6.44. The minimum atomic E-state index is -0.400. The lowest BCUT2D eigenvalue weighted by Crippen LogP contribution is -2.17. The molecule has 0 spiro atoms. The number of pyridine rings is 1. The van der Waals surface area contributed by atoms with Crippen LogP contribution in [0, 0.1) is 11.3 Å². The van der Waals surface area contributed by atoms with Crippen LogP contribution >= 0.6 is 23.1 Å². The number of nitriles is 1. The van der Waals surface area contributed by atoms with Gasteiger partial charge in [0.15, 0.2) is 0 Å². The number of carbonyl (C=O) groups excluding carboxylic acids is 1. The summed E-state index contributed by atoms with van der Waals surface area (Å²) in [5, 5.41) is 11.3. The topological polar surface area (TPSA) is 63.0 Å². The second kappa shape index (κ2) is 7.25. The molecular formula is C15H14N2O2S2. The van der Waals surface area contributed by atoms with Crippen LogP contribution in [0.3, 0.4) is 0 Å². The molecule has 6 heteroatoms. The molecule has 0 unspecified atom stereocenters. The van der Waals surface area contributed by atoms with Gasteiger partial charge in [0.25, 0.3) is 0 Å². The van der Waals surface area contributed by atoms with E-state index >= 15 is 0 Å². The zero-order valence-corrected chi connectivity index (χ0v) is 13.3. The summed E-state index contributed by atoms with van der Waals surface area (Å²) in [7, 11) is 0. The molecule has 2 aromatic rings. The first kappa shape index (κ1) is 15.5. The number of carbonyl (C=O) groups is 1.